The number of carbonyl (C=O) groups is 1. The number of carbonyl (C=O) groups excluding carboxylic acids is 1. The first-order chi connectivity index (χ1) is 14.9. The quantitative estimate of drug-likeness (QED) is 0.473. The molecule has 6 heteroatoms. The van der Waals surface area contributed by atoms with Crippen molar-refractivity contribution in [2.75, 3.05) is 0 Å². The number of amides is 1. The third-order valence-corrected chi connectivity index (χ3v) is 4.61. The fraction of sp³-hybridized carbons (Fsp3) is 0.160. The van der Waals surface area contributed by atoms with Crippen molar-refractivity contribution in [2.24, 2.45) is 0 Å². The predicted molar refractivity (Wildman–Crippen MR) is 114 cm³/mol. The van der Waals surface area contributed by atoms with E-state index < -0.39 is 17.7 Å². The van der Waals surface area contributed by atoms with Crippen LogP contribution in [0.1, 0.15) is 22.3 Å². The third-order valence-electron chi connectivity index (χ3n) is 4.61. The number of hydrogen-bond donors (Lipinski definition) is 1. The summed E-state index contributed by atoms with van der Waals surface area (Å²) in [6.45, 7) is 0.866. The van der Waals surface area contributed by atoms with Gasteiger partial charge >= 0.3 is 6.18 Å². The lowest BCUT2D eigenvalue weighted by atomic mass is 10.0. The summed E-state index contributed by atoms with van der Waals surface area (Å²) >= 11 is 0. The molecule has 0 heterocycles. The normalized spacial score (nSPS) is 11.9. The molecule has 160 valence electrons. The van der Waals surface area contributed by atoms with E-state index >= 15 is 0 Å². The Bertz CT molecular complexity index is 1020. The van der Waals surface area contributed by atoms with Crippen LogP contribution in [0.3, 0.4) is 0 Å². The van der Waals surface area contributed by atoms with Gasteiger partial charge in [-0.25, -0.2) is 0 Å². The van der Waals surface area contributed by atoms with E-state index in [1.54, 1.807) is 6.07 Å². The van der Waals surface area contributed by atoms with Crippen molar-refractivity contribution < 1.29 is 22.7 Å². The summed E-state index contributed by atoms with van der Waals surface area (Å²) in [4.78, 5) is 12.2. The molecule has 1 amide bonds. The number of benzene rings is 3. The Morgan fingerprint density at radius 1 is 0.806 bits per heavy atom. The Balaban J connectivity index is 1.64. The van der Waals surface area contributed by atoms with Crippen molar-refractivity contribution in [2.45, 2.75) is 25.9 Å². The number of nitrogens with one attached hydrogen (secondary N) is 1. The van der Waals surface area contributed by atoms with Crippen LogP contribution >= 0.6 is 0 Å². The molecule has 3 aromatic carbocycles. The lowest BCUT2D eigenvalue weighted by Gasteiger charge is -2.13. The number of alkyl halides is 3. The molecule has 0 unspecified atom stereocenters. The molecular weight excluding hydrogens is 403 g/mol. The minimum atomic E-state index is -4.64. The average molecular weight is 425 g/mol. The second-order valence-corrected chi connectivity index (χ2v) is 6.89. The van der Waals surface area contributed by atoms with Gasteiger partial charge in [-0.1, -0.05) is 84.9 Å². The van der Waals surface area contributed by atoms with E-state index in [9.17, 15) is 18.0 Å². The summed E-state index contributed by atoms with van der Waals surface area (Å²) in [5.74, 6) is -0.809. The number of hydrogen-bond acceptors (Lipinski definition) is 2. The summed E-state index contributed by atoms with van der Waals surface area (Å²) in [5, 5.41) is 2.55. The Morgan fingerprint density at radius 3 is 2.03 bits per heavy atom. The maximum atomic E-state index is 13.4. The van der Waals surface area contributed by atoms with Crippen LogP contribution in [-0.4, -0.2) is 12.1 Å². The van der Waals surface area contributed by atoms with Gasteiger partial charge in [0.2, 0.25) is 5.91 Å². The minimum Gasteiger partial charge on any atom is -0.372 e. The Labute approximate surface area is 179 Å². The smallest absolute Gasteiger partial charge is 0.372 e. The molecule has 0 saturated carbocycles. The molecule has 3 nitrogen and oxygen atoms in total. The first-order valence-corrected chi connectivity index (χ1v) is 9.74. The molecule has 0 aliphatic carbocycles. The lowest BCUT2D eigenvalue weighted by Crippen LogP contribution is -2.23. The maximum absolute atomic E-state index is 13.4. The summed E-state index contributed by atoms with van der Waals surface area (Å²) in [5.41, 5.74) is 1.65. The van der Waals surface area contributed by atoms with E-state index in [1.807, 2.05) is 54.6 Å². The SMILES string of the molecule is O=C(/C=C(\c1ccccc1)C(F)(F)F)NCc1ccccc1COCc1ccccc1. The van der Waals surface area contributed by atoms with Crippen molar-refractivity contribution in [3.8, 4) is 0 Å². The van der Waals surface area contributed by atoms with E-state index in [0.717, 1.165) is 16.7 Å². The zero-order valence-electron chi connectivity index (χ0n) is 16.7. The Morgan fingerprint density at radius 2 is 1.39 bits per heavy atom. The average Bonchev–Trinajstić information content (AvgIpc) is 2.77. The summed E-state index contributed by atoms with van der Waals surface area (Å²) in [7, 11) is 0. The maximum Gasteiger partial charge on any atom is 0.417 e. The highest BCUT2D eigenvalue weighted by atomic mass is 19.4. The fourth-order valence-electron chi connectivity index (χ4n) is 3.03. The Kier molecular flexibility index (Phi) is 7.62. The standard InChI is InChI=1S/C25H22F3NO2/c26-25(27,28)23(20-11-5-2-6-12-20)15-24(30)29-16-21-13-7-8-14-22(21)18-31-17-19-9-3-1-4-10-19/h1-15H,16-18H2,(H,29,30)/b23-15+. The summed E-state index contributed by atoms with van der Waals surface area (Å²) in [6, 6.07) is 24.3. The van der Waals surface area contributed by atoms with E-state index in [-0.39, 0.29) is 12.1 Å². The van der Waals surface area contributed by atoms with Gasteiger partial charge in [0.05, 0.1) is 18.8 Å². The minimum absolute atomic E-state index is 0.0557. The zero-order chi connectivity index (χ0) is 22.1. The molecule has 0 aliphatic heterocycles. The van der Waals surface area contributed by atoms with Crippen molar-refractivity contribution in [1.82, 2.24) is 5.32 Å². The van der Waals surface area contributed by atoms with Gasteiger partial charge in [0.25, 0.3) is 0 Å². The molecule has 3 rings (SSSR count). The molecule has 0 bridgehead atoms. The van der Waals surface area contributed by atoms with Gasteiger partial charge < -0.3 is 10.1 Å². The molecule has 0 saturated heterocycles. The van der Waals surface area contributed by atoms with E-state index in [2.05, 4.69) is 5.32 Å². The van der Waals surface area contributed by atoms with E-state index in [4.69, 9.17) is 4.74 Å². The third kappa shape index (κ3) is 6.83. The fourth-order valence-corrected chi connectivity index (χ4v) is 3.03. The van der Waals surface area contributed by atoms with Crippen LogP contribution in [0, 0.1) is 0 Å². The molecule has 0 aliphatic rings. The molecule has 0 fully saturated rings. The van der Waals surface area contributed by atoms with Crippen LogP contribution in [0.15, 0.2) is 91.0 Å². The monoisotopic (exact) mass is 425 g/mol. The van der Waals surface area contributed by atoms with Gasteiger partial charge in [0.15, 0.2) is 0 Å². The van der Waals surface area contributed by atoms with Crippen LogP contribution in [0.5, 0.6) is 0 Å². The van der Waals surface area contributed by atoms with Crippen molar-refractivity contribution in [3.63, 3.8) is 0 Å². The number of halogens is 3. The van der Waals surface area contributed by atoms with Gasteiger partial charge in [0.1, 0.15) is 0 Å². The molecule has 31 heavy (non-hydrogen) atoms. The van der Waals surface area contributed by atoms with Crippen LogP contribution in [0.4, 0.5) is 13.2 Å². The van der Waals surface area contributed by atoms with Gasteiger partial charge in [-0.15, -0.1) is 0 Å². The molecule has 0 atom stereocenters. The van der Waals surface area contributed by atoms with E-state index in [0.29, 0.717) is 19.3 Å². The number of allylic oxidation sites excluding steroid dienone is 1. The highest BCUT2D eigenvalue weighted by Crippen LogP contribution is 2.33. The largest absolute Gasteiger partial charge is 0.417 e. The molecule has 1 N–H and O–H groups in total. The van der Waals surface area contributed by atoms with Crippen molar-refractivity contribution in [3.05, 3.63) is 113 Å². The molecule has 0 spiro atoms. The van der Waals surface area contributed by atoms with Gasteiger partial charge in [-0.2, -0.15) is 13.2 Å². The highest BCUT2D eigenvalue weighted by molar-refractivity contribution is 5.96. The second kappa shape index (κ2) is 10.6. The summed E-state index contributed by atoms with van der Waals surface area (Å²) in [6.07, 6.45) is -4.04. The molecular formula is C25H22F3NO2. The second-order valence-electron chi connectivity index (χ2n) is 6.89. The zero-order valence-corrected chi connectivity index (χ0v) is 16.7. The van der Waals surface area contributed by atoms with Crippen molar-refractivity contribution >= 4 is 11.5 Å². The van der Waals surface area contributed by atoms with E-state index in [1.165, 1.54) is 24.3 Å². The van der Waals surface area contributed by atoms with Crippen LogP contribution < -0.4 is 5.32 Å². The van der Waals surface area contributed by atoms with Gasteiger partial charge in [-0.3, -0.25) is 4.79 Å². The molecule has 3 aromatic rings. The van der Waals surface area contributed by atoms with Gasteiger partial charge in [0, 0.05) is 12.6 Å². The van der Waals surface area contributed by atoms with Gasteiger partial charge in [-0.05, 0) is 22.3 Å². The first kappa shape index (κ1) is 22.3. The molecule has 0 radical (unpaired) electrons. The molecule has 0 aromatic heterocycles. The number of rotatable bonds is 8. The topological polar surface area (TPSA) is 38.3 Å². The first-order valence-electron chi connectivity index (χ1n) is 9.74. The van der Waals surface area contributed by atoms with Crippen LogP contribution in [0.2, 0.25) is 0 Å². The Hall–Kier alpha value is -3.38. The van der Waals surface area contributed by atoms with Crippen LogP contribution in [-0.2, 0) is 29.3 Å². The predicted octanol–water partition coefficient (Wildman–Crippen LogP) is 5.67. The van der Waals surface area contributed by atoms with Crippen LogP contribution in [0.25, 0.3) is 5.57 Å². The van der Waals surface area contributed by atoms with Crippen molar-refractivity contribution in [1.29, 1.82) is 0 Å². The highest BCUT2D eigenvalue weighted by Gasteiger charge is 2.35. The number of ether oxygens (including phenoxy) is 1. The summed E-state index contributed by atoms with van der Waals surface area (Å²) < 4.78 is 46.0. The lowest BCUT2D eigenvalue weighted by molar-refractivity contribution is -0.117.